The molecule has 1 N–H and O–H groups in total. The van der Waals surface area contributed by atoms with E-state index in [0.717, 1.165) is 5.56 Å². The first kappa shape index (κ1) is 21.4. The van der Waals surface area contributed by atoms with Gasteiger partial charge in [0.2, 0.25) is 0 Å². The summed E-state index contributed by atoms with van der Waals surface area (Å²) in [6.07, 6.45) is 0.607. The highest BCUT2D eigenvalue weighted by Crippen LogP contribution is 2.13. The second-order valence-corrected chi connectivity index (χ2v) is 6.53. The van der Waals surface area contributed by atoms with Crippen LogP contribution >= 0.6 is 11.6 Å². The fraction of sp³-hybridized carbons (Fsp3) is 0.286. The van der Waals surface area contributed by atoms with Gasteiger partial charge in [0.15, 0.2) is 12.4 Å². The van der Waals surface area contributed by atoms with Gasteiger partial charge in [0.25, 0.3) is 5.91 Å². The molecule has 0 spiro atoms. The molecule has 28 heavy (non-hydrogen) atoms. The number of carbonyl (C=O) groups is 3. The second-order valence-electron chi connectivity index (χ2n) is 6.10. The number of nitrogens with one attached hydrogen (secondary N) is 1. The van der Waals surface area contributed by atoms with Gasteiger partial charge >= 0.3 is 5.97 Å². The summed E-state index contributed by atoms with van der Waals surface area (Å²) in [4.78, 5) is 34.6. The second kappa shape index (κ2) is 11.1. The maximum atomic E-state index is 11.7. The number of ketones is 1. The Balaban J connectivity index is 1.57. The third kappa shape index (κ3) is 7.80. The van der Waals surface area contributed by atoms with Gasteiger partial charge in [-0.15, -0.1) is 0 Å². The molecule has 0 unspecified atom stereocenters. The monoisotopic (exact) mass is 403 g/mol. The number of esters is 1. The summed E-state index contributed by atoms with van der Waals surface area (Å²) in [5.74, 6) is -0.214. The van der Waals surface area contributed by atoms with E-state index in [1.54, 1.807) is 36.4 Å². The first-order valence-electron chi connectivity index (χ1n) is 8.84. The van der Waals surface area contributed by atoms with Gasteiger partial charge in [0.05, 0.1) is 6.61 Å². The third-order valence-corrected chi connectivity index (χ3v) is 4.07. The SMILES string of the molecule is CC(=O)c1ccc(OCCCC(=O)OCC(=O)NCc2ccc(Cl)cc2)cc1. The molecule has 148 valence electrons. The van der Waals surface area contributed by atoms with Gasteiger partial charge < -0.3 is 14.8 Å². The molecular formula is C21H22ClNO5. The molecule has 0 aliphatic rings. The van der Waals surface area contributed by atoms with Gasteiger partial charge in [-0.1, -0.05) is 23.7 Å². The van der Waals surface area contributed by atoms with Gasteiger partial charge in [0, 0.05) is 23.6 Å². The van der Waals surface area contributed by atoms with E-state index in [1.165, 1.54) is 6.92 Å². The number of ether oxygens (including phenoxy) is 2. The summed E-state index contributed by atoms with van der Waals surface area (Å²) < 4.78 is 10.4. The van der Waals surface area contributed by atoms with Crippen LogP contribution in [0.5, 0.6) is 5.75 Å². The van der Waals surface area contributed by atoms with Crippen molar-refractivity contribution in [3.63, 3.8) is 0 Å². The molecule has 0 aliphatic heterocycles. The fourth-order valence-corrected chi connectivity index (χ4v) is 2.39. The third-order valence-electron chi connectivity index (χ3n) is 3.82. The Hall–Kier alpha value is -2.86. The van der Waals surface area contributed by atoms with Crippen LogP contribution in [0.2, 0.25) is 5.02 Å². The Morgan fingerprint density at radius 3 is 2.32 bits per heavy atom. The van der Waals surface area contributed by atoms with Gasteiger partial charge in [-0.25, -0.2) is 0 Å². The Bertz CT molecular complexity index is 803. The van der Waals surface area contributed by atoms with Crippen LogP contribution in [0.3, 0.4) is 0 Å². The normalized spacial score (nSPS) is 10.2. The first-order valence-corrected chi connectivity index (χ1v) is 9.22. The van der Waals surface area contributed by atoms with E-state index in [-0.39, 0.29) is 24.7 Å². The topological polar surface area (TPSA) is 81.7 Å². The molecule has 6 nitrogen and oxygen atoms in total. The van der Waals surface area contributed by atoms with Crippen molar-refractivity contribution in [3.8, 4) is 5.75 Å². The predicted octanol–water partition coefficient (Wildman–Crippen LogP) is 3.56. The zero-order chi connectivity index (χ0) is 20.4. The smallest absolute Gasteiger partial charge is 0.306 e. The molecular weight excluding hydrogens is 382 g/mol. The summed E-state index contributed by atoms with van der Waals surface area (Å²) in [7, 11) is 0. The van der Waals surface area contributed by atoms with E-state index >= 15 is 0 Å². The molecule has 0 bridgehead atoms. The van der Waals surface area contributed by atoms with Crippen LogP contribution in [-0.2, 0) is 20.9 Å². The Morgan fingerprint density at radius 2 is 1.68 bits per heavy atom. The maximum Gasteiger partial charge on any atom is 0.306 e. The van der Waals surface area contributed by atoms with E-state index in [9.17, 15) is 14.4 Å². The van der Waals surface area contributed by atoms with E-state index < -0.39 is 5.97 Å². The van der Waals surface area contributed by atoms with Crippen LogP contribution in [-0.4, -0.2) is 30.9 Å². The molecule has 1 amide bonds. The van der Waals surface area contributed by atoms with Crippen LogP contribution < -0.4 is 10.1 Å². The van der Waals surface area contributed by atoms with Crippen molar-refractivity contribution in [2.45, 2.75) is 26.3 Å². The minimum absolute atomic E-state index is 0.00787. The lowest BCUT2D eigenvalue weighted by molar-refractivity contribution is -0.148. The van der Waals surface area contributed by atoms with Gasteiger partial charge in [-0.05, 0) is 55.3 Å². The predicted molar refractivity (Wildman–Crippen MR) is 105 cm³/mol. The number of hydrogen-bond donors (Lipinski definition) is 1. The van der Waals surface area contributed by atoms with Crippen molar-refractivity contribution in [1.82, 2.24) is 5.32 Å². The van der Waals surface area contributed by atoms with Gasteiger partial charge in [-0.2, -0.15) is 0 Å². The maximum absolute atomic E-state index is 11.7. The Kier molecular flexibility index (Phi) is 8.49. The number of hydrogen-bond acceptors (Lipinski definition) is 5. The molecule has 0 saturated carbocycles. The lowest BCUT2D eigenvalue weighted by atomic mass is 10.1. The van der Waals surface area contributed by atoms with Crippen LogP contribution in [0.25, 0.3) is 0 Å². The Morgan fingerprint density at radius 1 is 1.00 bits per heavy atom. The quantitative estimate of drug-likeness (QED) is 0.372. The first-order chi connectivity index (χ1) is 13.4. The molecule has 0 fully saturated rings. The summed E-state index contributed by atoms with van der Waals surface area (Å²) in [6, 6.07) is 13.9. The highest BCUT2D eigenvalue weighted by molar-refractivity contribution is 6.30. The lowest BCUT2D eigenvalue weighted by Crippen LogP contribution is -2.28. The minimum atomic E-state index is -0.461. The van der Waals surface area contributed by atoms with Crippen LogP contribution in [0.1, 0.15) is 35.7 Å². The number of carbonyl (C=O) groups excluding carboxylic acids is 3. The average Bonchev–Trinajstić information content (AvgIpc) is 2.69. The van der Waals surface area contributed by atoms with E-state index in [2.05, 4.69) is 5.32 Å². The molecule has 2 aromatic rings. The Labute approximate surface area is 168 Å². The molecule has 0 saturated heterocycles. The van der Waals surface area contributed by atoms with Gasteiger partial charge in [-0.3, -0.25) is 14.4 Å². The molecule has 0 atom stereocenters. The van der Waals surface area contributed by atoms with Crippen LogP contribution in [0.4, 0.5) is 0 Å². The number of benzene rings is 2. The number of rotatable bonds is 10. The highest BCUT2D eigenvalue weighted by Gasteiger charge is 2.08. The van der Waals surface area contributed by atoms with Crippen molar-refractivity contribution in [3.05, 3.63) is 64.7 Å². The average molecular weight is 404 g/mol. The highest BCUT2D eigenvalue weighted by atomic mass is 35.5. The van der Waals surface area contributed by atoms with E-state index in [4.69, 9.17) is 21.1 Å². The summed E-state index contributed by atoms with van der Waals surface area (Å²) in [6.45, 7) is 1.85. The number of halogens is 1. The molecule has 0 radical (unpaired) electrons. The molecule has 2 aromatic carbocycles. The van der Waals surface area contributed by atoms with Crippen molar-refractivity contribution < 1.29 is 23.9 Å². The van der Waals surface area contributed by atoms with Crippen molar-refractivity contribution >= 4 is 29.3 Å². The molecule has 0 heterocycles. The zero-order valence-electron chi connectivity index (χ0n) is 15.6. The van der Waals surface area contributed by atoms with Crippen molar-refractivity contribution in [2.24, 2.45) is 0 Å². The molecule has 0 aromatic heterocycles. The molecule has 2 rings (SSSR count). The zero-order valence-corrected chi connectivity index (χ0v) is 16.3. The summed E-state index contributed by atoms with van der Waals surface area (Å²) >= 11 is 5.80. The number of amides is 1. The number of Topliss-reactive ketones (excluding diaryl/α,β-unsaturated/α-hetero) is 1. The fourth-order valence-electron chi connectivity index (χ4n) is 2.26. The van der Waals surface area contributed by atoms with Crippen molar-refractivity contribution in [1.29, 1.82) is 0 Å². The van der Waals surface area contributed by atoms with E-state index in [1.807, 2.05) is 12.1 Å². The largest absolute Gasteiger partial charge is 0.494 e. The summed E-state index contributed by atoms with van der Waals surface area (Å²) in [5.41, 5.74) is 1.52. The van der Waals surface area contributed by atoms with Crippen molar-refractivity contribution in [2.75, 3.05) is 13.2 Å². The standard InChI is InChI=1S/C21H22ClNO5/c1-15(24)17-6-10-19(11-7-17)27-12-2-3-21(26)28-14-20(25)23-13-16-4-8-18(22)9-5-16/h4-11H,2-3,12-14H2,1H3,(H,23,25). The molecule has 0 aliphatic carbocycles. The minimum Gasteiger partial charge on any atom is -0.494 e. The lowest BCUT2D eigenvalue weighted by Gasteiger charge is -2.08. The summed E-state index contributed by atoms with van der Waals surface area (Å²) in [5, 5.41) is 3.29. The van der Waals surface area contributed by atoms with Gasteiger partial charge in [0.1, 0.15) is 5.75 Å². The van der Waals surface area contributed by atoms with Crippen LogP contribution in [0, 0.1) is 0 Å². The van der Waals surface area contributed by atoms with Crippen LogP contribution in [0.15, 0.2) is 48.5 Å². The molecule has 7 heteroatoms. The van der Waals surface area contributed by atoms with E-state index in [0.29, 0.717) is 35.9 Å².